The molecule has 0 amide bonds. The van der Waals surface area contributed by atoms with Crippen molar-refractivity contribution in [1.82, 2.24) is 4.90 Å². The van der Waals surface area contributed by atoms with Crippen molar-refractivity contribution in [3.8, 4) is 0 Å². The Labute approximate surface area is 188 Å². The fourth-order valence-electron chi connectivity index (χ4n) is 10.6. The molecule has 2 heterocycles. The smallest absolute Gasteiger partial charge is 0.0805 e. The summed E-state index contributed by atoms with van der Waals surface area (Å²) in [5.41, 5.74) is -0.365. The molecule has 0 spiro atoms. The summed E-state index contributed by atoms with van der Waals surface area (Å²) >= 11 is 0. The molecule has 1 unspecified atom stereocenters. The Balaban J connectivity index is 1.30. The third kappa shape index (κ3) is 3.00. The van der Waals surface area contributed by atoms with E-state index in [-0.39, 0.29) is 23.5 Å². The van der Waals surface area contributed by atoms with E-state index in [4.69, 9.17) is 0 Å². The van der Waals surface area contributed by atoms with Gasteiger partial charge in [0, 0.05) is 19.1 Å². The Hall–Kier alpha value is -0.160. The first kappa shape index (κ1) is 21.4. The predicted octanol–water partition coefficient (Wildman–Crippen LogP) is 3.68. The summed E-state index contributed by atoms with van der Waals surface area (Å²) in [6.45, 7) is 9.36. The third-order valence-electron chi connectivity index (χ3n) is 12.0. The van der Waals surface area contributed by atoms with Crippen molar-refractivity contribution in [2.45, 2.75) is 102 Å². The summed E-state index contributed by atoms with van der Waals surface area (Å²) in [5, 5.41) is 33.3. The van der Waals surface area contributed by atoms with Gasteiger partial charge in [-0.2, -0.15) is 0 Å². The topological polar surface area (TPSA) is 63.9 Å². The first-order valence-corrected chi connectivity index (χ1v) is 13.5. The van der Waals surface area contributed by atoms with E-state index in [2.05, 4.69) is 25.7 Å². The van der Waals surface area contributed by atoms with E-state index >= 15 is 0 Å². The highest BCUT2D eigenvalue weighted by atomic mass is 16.3. The first-order valence-electron chi connectivity index (χ1n) is 13.5. The maximum Gasteiger partial charge on any atom is 0.0805 e. The lowest BCUT2D eigenvalue weighted by molar-refractivity contribution is -0.176. The van der Waals surface area contributed by atoms with Gasteiger partial charge in [-0.05, 0) is 117 Å². The number of rotatable bonds is 0. The van der Waals surface area contributed by atoms with Crippen molar-refractivity contribution >= 4 is 0 Å². The van der Waals surface area contributed by atoms with Gasteiger partial charge in [0.25, 0.3) is 0 Å². The van der Waals surface area contributed by atoms with Crippen LogP contribution in [0.25, 0.3) is 0 Å². The molecule has 4 saturated carbocycles. The monoisotopic (exact) mass is 431 g/mol. The lowest BCUT2D eigenvalue weighted by Crippen LogP contribution is -2.67. The van der Waals surface area contributed by atoms with Crippen molar-refractivity contribution in [3.63, 3.8) is 0 Å². The molecule has 3 N–H and O–H groups in total. The minimum absolute atomic E-state index is 0.188. The quantitative estimate of drug-likeness (QED) is 0.547. The summed E-state index contributed by atoms with van der Waals surface area (Å²) in [7, 11) is 0. The number of nitrogens with zero attached hydrogens (tertiary/aromatic N) is 1. The number of hydrogen-bond donors (Lipinski definition) is 3. The lowest BCUT2D eigenvalue weighted by Gasteiger charge is -2.60. The van der Waals surface area contributed by atoms with Crippen LogP contribution in [0, 0.1) is 52.8 Å². The molecular formula is C27H45NO3. The number of aliphatic hydroxyl groups is 3. The van der Waals surface area contributed by atoms with Gasteiger partial charge >= 0.3 is 0 Å². The molecule has 6 aliphatic rings. The fourth-order valence-corrected chi connectivity index (χ4v) is 10.6. The van der Waals surface area contributed by atoms with E-state index in [1.807, 2.05) is 0 Å². The van der Waals surface area contributed by atoms with Crippen LogP contribution in [0.5, 0.6) is 0 Å². The van der Waals surface area contributed by atoms with Gasteiger partial charge in [-0.25, -0.2) is 0 Å². The molecule has 4 nitrogen and oxygen atoms in total. The highest BCUT2D eigenvalue weighted by Crippen LogP contribution is 2.67. The number of hydrogen-bond acceptors (Lipinski definition) is 4. The Morgan fingerprint density at radius 3 is 2.35 bits per heavy atom. The van der Waals surface area contributed by atoms with Gasteiger partial charge in [-0.3, -0.25) is 4.90 Å². The number of aliphatic hydroxyl groups excluding tert-OH is 2. The van der Waals surface area contributed by atoms with E-state index in [1.165, 1.54) is 32.2 Å². The second-order valence-electron chi connectivity index (χ2n) is 13.4. The standard InChI is InChI=1S/C27H45NO3/c1-15-4-7-25-27(3,31)21-6-5-17-18(20(21)14-28(25)13-15)11-22-19(17)12-24(30)23-10-16(29)8-9-26(22,23)2/h15-25,29-31H,4-14H2,1-3H3/t15-,16-,17+,18+,19-,20-,21-,22?,23+,24+,25-,26+,27-/m0/s1. The molecule has 2 aliphatic heterocycles. The third-order valence-corrected chi connectivity index (χ3v) is 12.0. The Kier molecular flexibility index (Phi) is 4.94. The maximum absolute atomic E-state index is 11.8. The molecule has 0 aromatic heterocycles. The molecular weight excluding hydrogens is 386 g/mol. The van der Waals surface area contributed by atoms with Crippen LogP contribution in [0.2, 0.25) is 0 Å². The Morgan fingerprint density at radius 2 is 1.55 bits per heavy atom. The zero-order chi connectivity index (χ0) is 21.7. The molecule has 6 fully saturated rings. The van der Waals surface area contributed by atoms with Crippen LogP contribution in [0.4, 0.5) is 0 Å². The van der Waals surface area contributed by atoms with Gasteiger partial charge in [0.15, 0.2) is 0 Å². The summed E-state index contributed by atoms with van der Waals surface area (Å²) in [6, 6.07) is 0.355. The van der Waals surface area contributed by atoms with Gasteiger partial charge in [-0.15, -0.1) is 0 Å². The van der Waals surface area contributed by atoms with Gasteiger partial charge in [0.05, 0.1) is 17.8 Å². The zero-order valence-corrected chi connectivity index (χ0v) is 19.9. The Bertz CT molecular complexity index is 711. The average Bonchev–Trinajstić information content (AvgIpc) is 3.09. The SMILES string of the molecule is C[C@H]1CC[C@@H]2N(C1)C[C@H]1[C@@H]3CC4[C@@H](C[C@@H](O)[C@H]5C[C@@H](O)CC[C@]45C)[C@@H]3CC[C@@H]1[C@]2(C)O. The van der Waals surface area contributed by atoms with Crippen LogP contribution in [-0.2, 0) is 0 Å². The minimum atomic E-state index is -0.553. The molecule has 4 heteroatoms. The lowest BCUT2D eigenvalue weighted by atomic mass is 9.51. The molecule has 6 rings (SSSR count). The van der Waals surface area contributed by atoms with E-state index in [9.17, 15) is 15.3 Å². The summed E-state index contributed by atoms with van der Waals surface area (Å²) in [5.74, 6) is 4.89. The van der Waals surface area contributed by atoms with Gasteiger partial charge in [0.2, 0.25) is 0 Å². The van der Waals surface area contributed by atoms with Gasteiger partial charge in [-0.1, -0.05) is 13.8 Å². The highest BCUT2D eigenvalue weighted by molar-refractivity contribution is 5.14. The van der Waals surface area contributed by atoms with Gasteiger partial charge < -0.3 is 15.3 Å². The summed E-state index contributed by atoms with van der Waals surface area (Å²) in [4.78, 5) is 2.68. The van der Waals surface area contributed by atoms with Crippen molar-refractivity contribution in [2.24, 2.45) is 52.8 Å². The van der Waals surface area contributed by atoms with Crippen LogP contribution in [0.15, 0.2) is 0 Å². The average molecular weight is 432 g/mol. The summed E-state index contributed by atoms with van der Waals surface area (Å²) < 4.78 is 0. The molecule has 2 saturated heterocycles. The van der Waals surface area contributed by atoms with E-state index in [0.29, 0.717) is 35.6 Å². The van der Waals surface area contributed by atoms with Crippen LogP contribution in [-0.4, -0.2) is 57.2 Å². The van der Waals surface area contributed by atoms with Crippen LogP contribution in [0.1, 0.15) is 78.6 Å². The highest BCUT2D eigenvalue weighted by Gasteiger charge is 2.64. The van der Waals surface area contributed by atoms with Gasteiger partial charge in [0.1, 0.15) is 0 Å². The van der Waals surface area contributed by atoms with Crippen molar-refractivity contribution < 1.29 is 15.3 Å². The molecule has 31 heavy (non-hydrogen) atoms. The fraction of sp³-hybridized carbons (Fsp3) is 1.00. The van der Waals surface area contributed by atoms with Crippen molar-refractivity contribution in [3.05, 3.63) is 0 Å². The zero-order valence-electron chi connectivity index (χ0n) is 19.9. The molecule has 0 radical (unpaired) electrons. The number of piperidine rings is 2. The molecule has 13 atom stereocenters. The Morgan fingerprint density at radius 1 is 0.742 bits per heavy atom. The predicted molar refractivity (Wildman–Crippen MR) is 121 cm³/mol. The van der Waals surface area contributed by atoms with Crippen molar-refractivity contribution in [2.75, 3.05) is 13.1 Å². The second kappa shape index (κ2) is 7.17. The van der Waals surface area contributed by atoms with Crippen LogP contribution in [0.3, 0.4) is 0 Å². The normalized spacial score (nSPS) is 61.5. The molecule has 0 bridgehead atoms. The maximum atomic E-state index is 11.8. The molecule has 0 aromatic carbocycles. The van der Waals surface area contributed by atoms with Crippen molar-refractivity contribution in [1.29, 1.82) is 0 Å². The van der Waals surface area contributed by atoms with E-state index in [0.717, 1.165) is 50.5 Å². The van der Waals surface area contributed by atoms with Crippen LogP contribution >= 0.6 is 0 Å². The second-order valence-corrected chi connectivity index (χ2v) is 13.4. The van der Waals surface area contributed by atoms with Crippen LogP contribution < -0.4 is 0 Å². The minimum Gasteiger partial charge on any atom is -0.393 e. The molecule has 4 aliphatic carbocycles. The first-order chi connectivity index (χ1) is 14.7. The summed E-state index contributed by atoms with van der Waals surface area (Å²) in [6.07, 6.45) is 9.43. The molecule has 176 valence electrons. The van der Waals surface area contributed by atoms with E-state index in [1.54, 1.807) is 0 Å². The largest absolute Gasteiger partial charge is 0.393 e. The molecule has 0 aromatic rings. The number of fused-ring (bicyclic) bond motifs is 8. The van der Waals surface area contributed by atoms with E-state index < -0.39 is 5.60 Å².